The second kappa shape index (κ2) is 12.7. The lowest BCUT2D eigenvalue weighted by molar-refractivity contribution is -0.131. The van der Waals surface area contributed by atoms with Crippen LogP contribution in [0.4, 0.5) is 11.4 Å². The lowest BCUT2D eigenvalue weighted by Crippen LogP contribution is -2.48. The van der Waals surface area contributed by atoms with Crippen LogP contribution in [0.3, 0.4) is 0 Å². The molecule has 0 saturated carbocycles. The average Bonchev–Trinajstić information content (AvgIpc) is 3.36. The zero-order valence-electron chi connectivity index (χ0n) is 20.5. The number of hydrogen-bond donors (Lipinski definition) is 2. The second-order valence-corrected chi connectivity index (χ2v) is 10.2. The number of piperazine rings is 1. The smallest absolute Gasteiger partial charge is 0.250 e. The van der Waals surface area contributed by atoms with Gasteiger partial charge in [-0.3, -0.25) is 14.9 Å². The lowest BCUT2D eigenvalue weighted by Gasteiger charge is -2.37. The van der Waals surface area contributed by atoms with Gasteiger partial charge < -0.3 is 19.5 Å². The molecule has 0 radical (unpaired) electrons. The summed E-state index contributed by atoms with van der Waals surface area (Å²) in [5.74, 6) is 0.742. The number of halogens is 3. The Hall–Kier alpha value is -3.04. The molecule has 198 valence electrons. The van der Waals surface area contributed by atoms with Gasteiger partial charge in [0.05, 0.1) is 16.4 Å². The molecule has 7 nitrogen and oxygen atoms in total. The van der Waals surface area contributed by atoms with E-state index in [1.54, 1.807) is 42.5 Å². The summed E-state index contributed by atoms with van der Waals surface area (Å²) < 4.78 is 5.78. The highest BCUT2D eigenvalue weighted by Gasteiger charge is 2.22. The van der Waals surface area contributed by atoms with Crippen LogP contribution in [0.2, 0.25) is 15.1 Å². The van der Waals surface area contributed by atoms with Crippen LogP contribution in [-0.2, 0) is 9.59 Å². The summed E-state index contributed by atoms with van der Waals surface area (Å²) in [5.41, 5.74) is 2.24. The molecule has 38 heavy (non-hydrogen) atoms. The first-order chi connectivity index (χ1) is 18.2. The van der Waals surface area contributed by atoms with Crippen molar-refractivity contribution >= 4 is 81.4 Å². The third-order valence-electron chi connectivity index (χ3n) is 5.94. The molecule has 2 N–H and O–H groups in total. The Bertz CT molecular complexity index is 1380. The molecule has 3 aromatic rings. The Labute approximate surface area is 241 Å². The van der Waals surface area contributed by atoms with Crippen molar-refractivity contribution in [2.75, 3.05) is 36.4 Å². The van der Waals surface area contributed by atoms with Crippen LogP contribution in [0, 0.1) is 0 Å². The van der Waals surface area contributed by atoms with Gasteiger partial charge in [-0.2, -0.15) is 0 Å². The number of carbonyl (C=O) groups is 2. The molecule has 1 aliphatic rings. The zero-order chi connectivity index (χ0) is 27.2. The van der Waals surface area contributed by atoms with Crippen molar-refractivity contribution in [2.24, 2.45) is 0 Å². The predicted molar refractivity (Wildman–Crippen MR) is 158 cm³/mol. The van der Waals surface area contributed by atoms with Gasteiger partial charge in [0.1, 0.15) is 11.5 Å². The summed E-state index contributed by atoms with van der Waals surface area (Å²) in [6, 6.07) is 14.1. The first-order valence-corrected chi connectivity index (χ1v) is 13.4. The van der Waals surface area contributed by atoms with E-state index in [1.165, 1.54) is 12.2 Å². The summed E-state index contributed by atoms with van der Waals surface area (Å²) >= 11 is 23.8. The van der Waals surface area contributed by atoms with Crippen molar-refractivity contribution in [3.63, 3.8) is 0 Å². The molecule has 2 aromatic carbocycles. The molecule has 2 amide bonds. The quantitative estimate of drug-likeness (QED) is 0.252. The zero-order valence-corrected chi connectivity index (χ0v) is 23.6. The van der Waals surface area contributed by atoms with Gasteiger partial charge in [0.2, 0.25) is 11.8 Å². The van der Waals surface area contributed by atoms with E-state index >= 15 is 0 Å². The molecule has 0 bridgehead atoms. The molecule has 1 aliphatic heterocycles. The number of anilines is 2. The highest BCUT2D eigenvalue weighted by Crippen LogP contribution is 2.32. The fourth-order valence-electron chi connectivity index (χ4n) is 4.05. The van der Waals surface area contributed by atoms with Crippen LogP contribution >= 0.6 is 47.0 Å². The van der Waals surface area contributed by atoms with E-state index in [2.05, 4.69) is 15.5 Å². The van der Waals surface area contributed by atoms with E-state index in [1.807, 2.05) is 17.9 Å². The Morgan fingerprint density at radius 1 is 1.00 bits per heavy atom. The number of furan rings is 1. The molecule has 1 saturated heterocycles. The van der Waals surface area contributed by atoms with Gasteiger partial charge in [0, 0.05) is 54.3 Å². The van der Waals surface area contributed by atoms with Gasteiger partial charge in [-0.15, -0.1) is 0 Å². The number of rotatable bonds is 6. The number of thiocarbonyl (C=S) groups is 1. The molecular weight excluding hydrogens is 567 g/mol. The third-order valence-corrected chi connectivity index (χ3v) is 6.93. The summed E-state index contributed by atoms with van der Waals surface area (Å²) in [5, 5.41) is 7.35. The third kappa shape index (κ3) is 7.08. The van der Waals surface area contributed by atoms with Crippen molar-refractivity contribution in [1.29, 1.82) is 0 Å². The van der Waals surface area contributed by atoms with Crippen molar-refractivity contribution < 1.29 is 14.0 Å². The lowest BCUT2D eigenvalue weighted by atomic mass is 10.2. The summed E-state index contributed by atoms with van der Waals surface area (Å²) in [6.45, 7) is 4.50. The molecule has 11 heteroatoms. The predicted octanol–water partition coefficient (Wildman–Crippen LogP) is 6.49. The molecule has 0 aliphatic carbocycles. The van der Waals surface area contributed by atoms with Gasteiger partial charge >= 0.3 is 0 Å². The number of benzene rings is 2. The number of nitrogens with zero attached hydrogens (tertiary/aromatic N) is 2. The standard InChI is InChI=1S/C27H25Cl3N4O3S/c1-2-26(36)34-13-11-33(12-14-34)23-8-4-18(29)16-22(23)31-27(38)32-25(35)10-6-19-5-9-24(37-19)20-7-3-17(28)15-21(20)30/h3-10,15-16H,2,11-14H2,1H3,(H2,31,32,35,38). The highest BCUT2D eigenvalue weighted by atomic mass is 35.5. The van der Waals surface area contributed by atoms with Crippen LogP contribution in [0.15, 0.2) is 59.0 Å². The molecule has 0 atom stereocenters. The number of nitrogens with one attached hydrogen (secondary N) is 2. The number of amides is 2. The first kappa shape index (κ1) is 28.0. The first-order valence-electron chi connectivity index (χ1n) is 11.9. The molecule has 1 aromatic heterocycles. The molecular formula is C27H25Cl3N4O3S. The Morgan fingerprint density at radius 3 is 2.42 bits per heavy atom. The van der Waals surface area contributed by atoms with Gasteiger partial charge in [-0.25, -0.2) is 0 Å². The SMILES string of the molecule is CCC(=O)N1CCN(c2ccc(Cl)cc2NC(=S)NC(=O)C=Cc2ccc(-c3ccc(Cl)cc3Cl)o2)CC1. The minimum atomic E-state index is -0.430. The fourth-order valence-corrected chi connectivity index (χ4v) is 4.93. The largest absolute Gasteiger partial charge is 0.457 e. The normalized spacial score (nSPS) is 13.6. The topological polar surface area (TPSA) is 77.8 Å². The fraction of sp³-hybridized carbons (Fsp3) is 0.222. The highest BCUT2D eigenvalue weighted by molar-refractivity contribution is 7.80. The second-order valence-electron chi connectivity index (χ2n) is 8.49. The van der Waals surface area contributed by atoms with E-state index in [9.17, 15) is 9.59 Å². The maximum atomic E-state index is 12.5. The Kier molecular flexibility index (Phi) is 9.33. The minimum absolute atomic E-state index is 0.121. The van der Waals surface area contributed by atoms with Crippen LogP contribution in [0.25, 0.3) is 17.4 Å². The van der Waals surface area contributed by atoms with Gasteiger partial charge in [-0.1, -0.05) is 41.7 Å². The molecule has 4 rings (SSSR count). The van der Waals surface area contributed by atoms with Crippen molar-refractivity contribution in [3.05, 3.63) is 75.4 Å². The van der Waals surface area contributed by atoms with E-state index in [0.717, 1.165) is 5.69 Å². The van der Waals surface area contributed by atoms with Crippen LogP contribution < -0.4 is 15.5 Å². The maximum Gasteiger partial charge on any atom is 0.250 e. The van der Waals surface area contributed by atoms with E-state index in [0.29, 0.717) is 70.4 Å². The molecule has 1 fully saturated rings. The van der Waals surface area contributed by atoms with Crippen molar-refractivity contribution in [1.82, 2.24) is 10.2 Å². The molecule has 2 heterocycles. The summed E-state index contributed by atoms with van der Waals surface area (Å²) in [6.07, 6.45) is 3.35. The maximum absolute atomic E-state index is 12.5. The minimum Gasteiger partial charge on any atom is -0.457 e. The Morgan fingerprint density at radius 2 is 1.71 bits per heavy atom. The molecule has 0 spiro atoms. The molecule has 0 unspecified atom stereocenters. The van der Waals surface area contributed by atoms with Crippen molar-refractivity contribution in [3.8, 4) is 11.3 Å². The van der Waals surface area contributed by atoms with Crippen molar-refractivity contribution in [2.45, 2.75) is 13.3 Å². The summed E-state index contributed by atoms with van der Waals surface area (Å²) in [7, 11) is 0. The summed E-state index contributed by atoms with van der Waals surface area (Å²) in [4.78, 5) is 28.5. The van der Waals surface area contributed by atoms with E-state index in [-0.39, 0.29) is 11.0 Å². The number of carbonyl (C=O) groups excluding carboxylic acids is 2. The van der Waals surface area contributed by atoms with Crippen LogP contribution in [0.1, 0.15) is 19.1 Å². The van der Waals surface area contributed by atoms with E-state index < -0.39 is 5.91 Å². The Balaban J connectivity index is 1.36. The average molecular weight is 592 g/mol. The monoisotopic (exact) mass is 590 g/mol. The number of hydrogen-bond acceptors (Lipinski definition) is 5. The van der Waals surface area contributed by atoms with Gasteiger partial charge in [0.25, 0.3) is 0 Å². The van der Waals surface area contributed by atoms with Gasteiger partial charge in [0.15, 0.2) is 5.11 Å². The van der Waals surface area contributed by atoms with Crippen LogP contribution in [-0.4, -0.2) is 48.0 Å². The van der Waals surface area contributed by atoms with Crippen LogP contribution in [0.5, 0.6) is 0 Å². The van der Waals surface area contributed by atoms with E-state index in [4.69, 9.17) is 51.4 Å². The van der Waals surface area contributed by atoms with Gasteiger partial charge in [-0.05, 0) is 66.8 Å².